The Morgan fingerprint density at radius 1 is 1.19 bits per heavy atom. The fourth-order valence-corrected chi connectivity index (χ4v) is 3.57. The molecular formula is C17H31N3O. The molecular weight excluding hydrogens is 262 g/mol. The van der Waals surface area contributed by atoms with Crippen LogP contribution in [-0.4, -0.2) is 23.3 Å². The van der Waals surface area contributed by atoms with Crippen LogP contribution in [0.2, 0.25) is 0 Å². The quantitative estimate of drug-likeness (QED) is 0.702. The average molecular weight is 293 g/mol. The van der Waals surface area contributed by atoms with E-state index in [9.17, 15) is 0 Å². The summed E-state index contributed by atoms with van der Waals surface area (Å²) >= 11 is 0. The molecule has 1 heterocycles. The fourth-order valence-electron chi connectivity index (χ4n) is 3.57. The molecule has 0 amide bonds. The second-order valence-electron chi connectivity index (χ2n) is 6.94. The highest BCUT2D eigenvalue weighted by Gasteiger charge is 2.40. The van der Waals surface area contributed by atoms with Gasteiger partial charge in [0.2, 0.25) is 11.8 Å². The molecule has 1 aromatic heterocycles. The second kappa shape index (κ2) is 7.92. The van der Waals surface area contributed by atoms with Gasteiger partial charge in [0.05, 0.1) is 0 Å². The Labute approximate surface area is 129 Å². The summed E-state index contributed by atoms with van der Waals surface area (Å²) in [5.41, 5.74) is 0.167. The maximum Gasteiger partial charge on any atom is 0.222 e. The van der Waals surface area contributed by atoms with Crippen molar-refractivity contribution in [2.45, 2.75) is 77.6 Å². The van der Waals surface area contributed by atoms with Crippen LogP contribution in [0.5, 0.6) is 0 Å². The number of hydrogen-bond acceptors (Lipinski definition) is 4. The first kappa shape index (κ1) is 16.5. The van der Waals surface area contributed by atoms with Crippen LogP contribution in [0.1, 0.15) is 77.5 Å². The first-order chi connectivity index (χ1) is 10.2. The molecule has 1 aliphatic rings. The van der Waals surface area contributed by atoms with Crippen LogP contribution in [0.25, 0.3) is 0 Å². The maximum atomic E-state index is 6.03. The topological polar surface area (TPSA) is 51.0 Å². The summed E-state index contributed by atoms with van der Waals surface area (Å²) in [6, 6.07) is 0. The molecule has 2 rings (SSSR count). The molecule has 0 saturated heterocycles. The predicted molar refractivity (Wildman–Crippen MR) is 85.4 cm³/mol. The van der Waals surface area contributed by atoms with E-state index < -0.39 is 0 Å². The van der Waals surface area contributed by atoms with E-state index in [-0.39, 0.29) is 5.41 Å². The molecule has 1 saturated carbocycles. The number of rotatable bonds is 9. The van der Waals surface area contributed by atoms with Crippen molar-refractivity contribution in [1.82, 2.24) is 15.5 Å². The largest absolute Gasteiger partial charge is 0.425 e. The molecule has 21 heavy (non-hydrogen) atoms. The zero-order chi connectivity index (χ0) is 15.1. The number of aromatic nitrogens is 2. The first-order valence-electron chi connectivity index (χ1n) is 8.70. The number of nitrogens with one attached hydrogen (secondary N) is 1. The Morgan fingerprint density at radius 3 is 2.62 bits per heavy atom. The number of aryl methyl sites for hydroxylation is 1. The van der Waals surface area contributed by atoms with Crippen LogP contribution in [-0.2, 0) is 11.8 Å². The van der Waals surface area contributed by atoms with E-state index in [2.05, 4.69) is 36.3 Å². The van der Waals surface area contributed by atoms with Crippen LogP contribution in [0, 0.1) is 5.92 Å². The standard InChI is InChI=1S/C17H31N3O/c1-4-11-18-12-7-8-15-19-20-16(21-15)17(13-14(2)3)9-5-6-10-17/h14,18H,4-13H2,1-3H3. The van der Waals surface area contributed by atoms with E-state index in [1.165, 1.54) is 38.5 Å². The predicted octanol–water partition coefficient (Wildman–Crippen LogP) is 3.86. The van der Waals surface area contributed by atoms with Crippen molar-refractivity contribution in [1.29, 1.82) is 0 Å². The minimum absolute atomic E-state index is 0.167. The van der Waals surface area contributed by atoms with Gasteiger partial charge in [0.25, 0.3) is 0 Å². The summed E-state index contributed by atoms with van der Waals surface area (Å²) in [6.45, 7) is 8.88. The third kappa shape index (κ3) is 4.53. The second-order valence-corrected chi connectivity index (χ2v) is 6.94. The van der Waals surface area contributed by atoms with Crippen molar-refractivity contribution in [2.24, 2.45) is 5.92 Å². The van der Waals surface area contributed by atoms with Gasteiger partial charge in [-0.1, -0.05) is 33.6 Å². The highest BCUT2D eigenvalue weighted by Crippen LogP contribution is 2.44. The van der Waals surface area contributed by atoms with Gasteiger partial charge in [-0.3, -0.25) is 0 Å². The molecule has 1 fully saturated rings. The van der Waals surface area contributed by atoms with Gasteiger partial charge in [-0.05, 0) is 51.1 Å². The van der Waals surface area contributed by atoms with Crippen molar-refractivity contribution < 1.29 is 4.42 Å². The van der Waals surface area contributed by atoms with Gasteiger partial charge in [0.15, 0.2) is 0 Å². The first-order valence-corrected chi connectivity index (χ1v) is 8.70. The van der Waals surface area contributed by atoms with Gasteiger partial charge in [-0.25, -0.2) is 0 Å². The third-order valence-electron chi connectivity index (χ3n) is 4.45. The highest BCUT2D eigenvalue weighted by molar-refractivity contribution is 5.07. The minimum atomic E-state index is 0.167. The Morgan fingerprint density at radius 2 is 1.95 bits per heavy atom. The van der Waals surface area contributed by atoms with Crippen LogP contribution in [0.15, 0.2) is 4.42 Å². The molecule has 0 bridgehead atoms. The molecule has 0 unspecified atom stereocenters. The van der Waals surface area contributed by atoms with Crippen molar-refractivity contribution in [3.8, 4) is 0 Å². The van der Waals surface area contributed by atoms with Crippen molar-refractivity contribution in [3.63, 3.8) is 0 Å². The summed E-state index contributed by atoms with van der Waals surface area (Å²) in [4.78, 5) is 0. The van der Waals surface area contributed by atoms with Crippen LogP contribution in [0.3, 0.4) is 0 Å². The molecule has 0 aliphatic heterocycles. The zero-order valence-electron chi connectivity index (χ0n) is 14.0. The lowest BCUT2D eigenvalue weighted by atomic mass is 9.78. The molecule has 0 atom stereocenters. The van der Waals surface area contributed by atoms with E-state index >= 15 is 0 Å². The lowest BCUT2D eigenvalue weighted by Crippen LogP contribution is -2.24. The van der Waals surface area contributed by atoms with Gasteiger partial charge < -0.3 is 9.73 Å². The normalized spacial score (nSPS) is 17.7. The van der Waals surface area contributed by atoms with Crippen molar-refractivity contribution in [3.05, 3.63) is 11.8 Å². The monoisotopic (exact) mass is 293 g/mol. The molecule has 4 nitrogen and oxygen atoms in total. The van der Waals surface area contributed by atoms with Gasteiger partial charge >= 0.3 is 0 Å². The van der Waals surface area contributed by atoms with E-state index in [0.717, 1.165) is 37.7 Å². The lowest BCUT2D eigenvalue weighted by molar-refractivity contribution is 0.267. The molecule has 0 spiro atoms. The smallest absolute Gasteiger partial charge is 0.222 e. The minimum Gasteiger partial charge on any atom is -0.425 e. The summed E-state index contributed by atoms with van der Waals surface area (Å²) in [6.07, 6.45) is 9.34. The zero-order valence-corrected chi connectivity index (χ0v) is 14.0. The third-order valence-corrected chi connectivity index (χ3v) is 4.45. The Bertz CT molecular complexity index is 408. The Kier molecular flexibility index (Phi) is 6.22. The molecule has 1 aromatic rings. The van der Waals surface area contributed by atoms with Crippen molar-refractivity contribution in [2.75, 3.05) is 13.1 Å². The molecule has 0 radical (unpaired) electrons. The number of nitrogens with zero attached hydrogens (tertiary/aromatic N) is 2. The highest BCUT2D eigenvalue weighted by atomic mass is 16.4. The van der Waals surface area contributed by atoms with E-state index in [4.69, 9.17) is 4.42 Å². The maximum absolute atomic E-state index is 6.03. The Hall–Kier alpha value is -0.900. The molecule has 1 aliphatic carbocycles. The summed E-state index contributed by atoms with van der Waals surface area (Å²) in [5.74, 6) is 2.40. The molecule has 4 heteroatoms. The van der Waals surface area contributed by atoms with E-state index in [0.29, 0.717) is 5.92 Å². The van der Waals surface area contributed by atoms with Crippen LogP contribution < -0.4 is 5.32 Å². The van der Waals surface area contributed by atoms with E-state index in [1.54, 1.807) is 0 Å². The van der Waals surface area contributed by atoms with Gasteiger partial charge in [0, 0.05) is 11.8 Å². The summed E-state index contributed by atoms with van der Waals surface area (Å²) < 4.78 is 6.03. The summed E-state index contributed by atoms with van der Waals surface area (Å²) in [7, 11) is 0. The molecule has 120 valence electrons. The lowest BCUT2D eigenvalue weighted by Gasteiger charge is -2.26. The van der Waals surface area contributed by atoms with Crippen LogP contribution in [0.4, 0.5) is 0 Å². The molecule has 0 aromatic carbocycles. The molecule has 1 N–H and O–H groups in total. The van der Waals surface area contributed by atoms with Gasteiger partial charge in [-0.15, -0.1) is 10.2 Å². The summed E-state index contributed by atoms with van der Waals surface area (Å²) in [5, 5.41) is 12.1. The van der Waals surface area contributed by atoms with Gasteiger partial charge in [-0.2, -0.15) is 0 Å². The average Bonchev–Trinajstić information content (AvgIpc) is 3.08. The van der Waals surface area contributed by atoms with Crippen LogP contribution >= 0.6 is 0 Å². The van der Waals surface area contributed by atoms with Gasteiger partial charge in [0.1, 0.15) is 0 Å². The fraction of sp³-hybridized carbons (Fsp3) is 0.882. The SMILES string of the molecule is CCCNCCCc1nnc(C2(CC(C)C)CCCC2)o1. The Balaban J connectivity index is 1.91. The van der Waals surface area contributed by atoms with E-state index in [1.807, 2.05) is 0 Å². The van der Waals surface area contributed by atoms with Crippen molar-refractivity contribution >= 4 is 0 Å². The number of hydrogen-bond donors (Lipinski definition) is 1.